The number of nitrogens with one attached hydrogen (secondary N) is 3. The molecule has 5 rings (SSSR count). The molecule has 1 aliphatic heterocycles. The monoisotopic (exact) mass is 462 g/mol. The van der Waals surface area contributed by atoms with E-state index in [4.69, 9.17) is 4.42 Å². The van der Waals surface area contributed by atoms with Crippen molar-refractivity contribution in [3.63, 3.8) is 0 Å². The van der Waals surface area contributed by atoms with Gasteiger partial charge in [0.05, 0.1) is 29.5 Å². The van der Waals surface area contributed by atoms with Crippen LogP contribution >= 0.6 is 11.3 Å². The van der Waals surface area contributed by atoms with E-state index in [-0.39, 0.29) is 12.5 Å². The maximum atomic E-state index is 12.9. The zero-order valence-electron chi connectivity index (χ0n) is 17.2. The number of rotatable bonds is 5. The fraction of sp³-hybridized carbons (Fsp3) is 0.136. The summed E-state index contributed by atoms with van der Waals surface area (Å²) in [6.45, 7) is 1.10. The van der Waals surface area contributed by atoms with Crippen LogP contribution in [0.5, 0.6) is 0 Å². The Kier molecular flexibility index (Phi) is 5.45. The fourth-order valence-electron chi connectivity index (χ4n) is 3.47. The average molecular weight is 462 g/mol. The Hall–Kier alpha value is -4.25. The SMILES string of the molecule is O=C(Cc1csc(N2CCNC2=O)n1)NNC(=O)c1cc(-c2ccco2)nc2ccccc12. The van der Waals surface area contributed by atoms with Gasteiger partial charge in [0.25, 0.3) is 5.91 Å². The molecule has 1 fully saturated rings. The van der Waals surface area contributed by atoms with Crippen molar-refractivity contribution in [3.8, 4) is 11.5 Å². The number of urea groups is 1. The highest BCUT2D eigenvalue weighted by Gasteiger charge is 2.24. The molecule has 0 aliphatic carbocycles. The lowest BCUT2D eigenvalue weighted by molar-refractivity contribution is -0.121. The molecule has 3 aromatic heterocycles. The zero-order valence-corrected chi connectivity index (χ0v) is 18.0. The van der Waals surface area contributed by atoms with E-state index in [1.807, 2.05) is 12.1 Å². The van der Waals surface area contributed by atoms with Crippen molar-refractivity contribution >= 4 is 45.2 Å². The number of hydrazine groups is 1. The summed E-state index contributed by atoms with van der Waals surface area (Å²) >= 11 is 1.29. The minimum atomic E-state index is -0.484. The first-order valence-corrected chi connectivity index (χ1v) is 11.0. The number of benzene rings is 1. The predicted molar refractivity (Wildman–Crippen MR) is 122 cm³/mol. The van der Waals surface area contributed by atoms with Crippen LogP contribution in [0.3, 0.4) is 0 Å². The highest BCUT2D eigenvalue weighted by molar-refractivity contribution is 7.14. The third-order valence-corrected chi connectivity index (χ3v) is 5.93. The van der Waals surface area contributed by atoms with Gasteiger partial charge in [-0.2, -0.15) is 0 Å². The predicted octanol–water partition coefficient (Wildman–Crippen LogP) is 2.48. The summed E-state index contributed by atoms with van der Waals surface area (Å²) in [5, 5.41) is 5.60. The Bertz CT molecular complexity index is 1350. The molecular weight excluding hydrogens is 444 g/mol. The standard InChI is InChI=1S/C22H18N6O4S/c29-19(10-13-12-33-22(24-13)28-8-7-23-21(28)31)26-27-20(30)15-11-17(18-6-3-9-32-18)25-16-5-2-1-4-14(15)16/h1-6,9,11-12H,7-8,10H2,(H,23,31)(H,26,29)(H,27,30). The second-order valence-electron chi connectivity index (χ2n) is 7.23. The molecule has 4 heterocycles. The molecule has 11 heteroatoms. The molecule has 0 radical (unpaired) electrons. The number of nitrogens with zero attached hydrogens (tertiary/aromatic N) is 3. The van der Waals surface area contributed by atoms with Crippen molar-refractivity contribution in [2.45, 2.75) is 6.42 Å². The number of anilines is 1. The number of carbonyl (C=O) groups is 3. The first kappa shape index (κ1) is 20.6. The first-order valence-electron chi connectivity index (χ1n) is 10.1. The van der Waals surface area contributed by atoms with Crippen molar-refractivity contribution in [3.05, 3.63) is 65.4 Å². The quantitative estimate of drug-likeness (QED) is 0.391. The van der Waals surface area contributed by atoms with Crippen LogP contribution in [-0.4, -0.2) is 40.9 Å². The van der Waals surface area contributed by atoms with Crippen molar-refractivity contribution in [2.24, 2.45) is 0 Å². The Morgan fingerprint density at radius 1 is 1.15 bits per heavy atom. The average Bonchev–Trinajstić information content (AvgIpc) is 3.59. The first-order chi connectivity index (χ1) is 16.1. The van der Waals surface area contributed by atoms with E-state index in [1.54, 1.807) is 35.7 Å². The second kappa shape index (κ2) is 8.71. The minimum Gasteiger partial charge on any atom is -0.463 e. The second-order valence-corrected chi connectivity index (χ2v) is 8.07. The number of hydrogen-bond donors (Lipinski definition) is 3. The van der Waals surface area contributed by atoms with Gasteiger partial charge < -0.3 is 9.73 Å². The molecule has 10 nitrogen and oxygen atoms in total. The van der Waals surface area contributed by atoms with Gasteiger partial charge in [0.15, 0.2) is 10.9 Å². The normalized spacial score (nSPS) is 13.2. The minimum absolute atomic E-state index is 0.0407. The van der Waals surface area contributed by atoms with Crippen molar-refractivity contribution in [2.75, 3.05) is 18.0 Å². The highest BCUT2D eigenvalue weighted by atomic mass is 32.1. The van der Waals surface area contributed by atoms with Crippen LogP contribution in [-0.2, 0) is 11.2 Å². The van der Waals surface area contributed by atoms with E-state index in [2.05, 4.69) is 26.1 Å². The lowest BCUT2D eigenvalue weighted by atomic mass is 10.1. The third kappa shape index (κ3) is 4.26. The molecule has 4 amide bonds. The molecule has 0 atom stereocenters. The molecule has 1 aromatic carbocycles. The van der Waals surface area contributed by atoms with Crippen molar-refractivity contribution in [1.29, 1.82) is 0 Å². The van der Waals surface area contributed by atoms with E-state index < -0.39 is 11.8 Å². The smallest absolute Gasteiger partial charge is 0.323 e. The van der Waals surface area contributed by atoms with Gasteiger partial charge in [-0.05, 0) is 24.3 Å². The van der Waals surface area contributed by atoms with Crippen LogP contribution in [0.2, 0.25) is 0 Å². The number of pyridine rings is 1. The Morgan fingerprint density at radius 2 is 2.03 bits per heavy atom. The summed E-state index contributed by atoms with van der Waals surface area (Å²) < 4.78 is 5.41. The summed E-state index contributed by atoms with van der Waals surface area (Å²) in [6, 6.07) is 12.2. The van der Waals surface area contributed by atoms with Gasteiger partial charge in [-0.3, -0.25) is 25.3 Å². The molecule has 0 saturated carbocycles. The van der Waals surface area contributed by atoms with Crippen molar-refractivity contribution < 1.29 is 18.8 Å². The molecule has 0 unspecified atom stereocenters. The summed E-state index contributed by atoms with van der Waals surface area (Å²) in [5.41, 5.74) is 6.88. The lowest BCUT2D eigenvalue weighted by Crippen LogP contribution is -2.42. The summed E-state index contributed by atoms with van der Waals surface area (Å²) in [7, 11) is 0. The zero-order chi connectivity index (χ0) is 22.8. The number of amides is 4. The van der Waals surface area contributed by atoms with Gasteiger partial charge in [0.1, 0.15) is 5.69 Å². The largest absolute Gasteiger partial charge is 0.463 e. The molecule has 33 heavy (non-hydrogen) atoms. The Morgan fingerprint density at radius 3 is 2.82 bits per heavy atom. The Balaban J connectivity index is 1.28. The molecule has 1 aliphatic rings. The van der Waals surface area contributed by atoms with Gasteiger partial charge in [-0.15, -0.1) is 11.3 Å². The lowest BCUT2D eigenvalue weighted by Gasteiger charge is -2.10. The number of para-hydroxylation sites is 1. The van der Waals surface area contributed by atoms with E-state index in [0.717, 1.165) is 0 Å². The fourth-order valence-corrected chi connectivity index (χ4v) is 4.32. The topological polar surface area (TPSA) is 129 Å². The van der Waals surface area contributed by atoms with Crippen LogP contribution in [0.1, 0.15) is 16.1 Å². The molecule has 0 bridgehead atoms. The van der Waals surface area contributed by atoms with E-state index >= 15 is 0 Å². The maximum Gasteiger partial charge on any atom is 0.323 e. The van der Waals surface area contributed by atoms with Gasteiger partial charge in [-0.25, -0.2) is 14.8 Å². The van der Waals surface area contributed by atoms with Crippen LogP contribution in [0.4, 0.5) is 9.93 Å². The summed E-state index contributed by atoms with van der Waals surface area (Å²) in [4.78, 5) is 47.5. The van der Waals surface area contributed by atoms with Gasteiger partial charge in [-0.1, -0.05) is 18.2 Å². The molecule has 0 spiro atoms. The molecule has 1 saturated heterocycles. The number of fused-ring (bicyclic) bond motifs is 1. The van der Waals surface area contributed by atoms with Crippen molar-refractivity contribution in [1.82, 2.24) is 26.1 Å². The highest BCUT2D eigenvalue weighted by Crippen LogP contribution is 2.25. The molecule has 166 valence electrons. The number of carbonyl (C=O) groups excluding carboxylic acids is 3. The molecule has 3 N–H and O–H groups in total. The maximum absolute atomic E-state index is 12.9. The molecule has 4 aromatic rings. The van der Waals surface area contributed by atoms with Crippen LogP contribution in [0.25, 0.3) is 22.4 Å². The van der Waals surface area contributed by atoms with Gasteiger partial charge in [0, 0.05) is 23.9 Å². The Labute approximate surface area is 191 Å². The number of furan rings is 1. The third-order valence-electron chi connectivity index (χ3n) is 5.02. The number of thiazole rings is 1. The summed E-state index contributed by atoms with van der Waals surface area (Å²) in [5.74, 6) is -0.386. The van der Waals surface area contributed by atoms with E-state index in [0.29, 0.717) is 51.8 Å². The number of aromatic nitrogens is 2. The van der Waals surface area contributed by atoms with Gasteiger partial charge in [0.2, 0.25) is 5.91 Å². The number of hydrogen-bond acceptors (Lipinski definition) is 7. The summed E-state index contributed by atoms with van der Waals surface area (Å²) in [6.07, 6.45) is 1.49. The van der Waals surface area contributed by atoms with Gasteiger partial charge >= 0.3 is 6.03 Å². The van der Waals surface area contributed by atoms with Crippen LogP contribution in [0, 0.1) is 0 Å². The van der Waals surface area contributed by atoms with E-state index in [9.17, 15) is 14.4 Å². The molecular formula is C22H18N6O4S. The van der Waals surface area contributed by atoms with Crippen LogP contribution < -0.4 is 21.1 Å². The van der Waals surface area contributed by atoms with E-state index in [1.165, 1.54) is 22.5 Å². The van der Waals surface area contributed by atoms with Crippen LogP contribution in [0.15, 0.2) is 58.5 Å².